The maximum absolute atomic E-state index is 12.7. The van der Waals surface area contributed by atoms with Crippen molar-refractivity contribution in [3.63, 3.8) is 0 Å². The molecule has 1 rings (SSSR count). The molecule has 0 saturated carbocycles. The summed E-state index contributed by atoms with van der Waals surface area (Å²) in [7, 11) is 1.66. The Kier molecular flexibility index (Phi) is 20.6. The van der Waals surface area contributed by atoms with Crippen LogP contribution in [-0.2, 0) is 9.53 Å². The van der Waals surface area contributed by atoms with Gasteiger partial charge < -0.3 is 20.3 Å². The number of hydrogen-bond donors (Lipinski definition) is 2. The normalized spacial score (nSPS) is 11.3. The summed E-state index contributed by atoms with van der Waals surface area (Å²) >= 11 is 0. The predicted octanol–water partition coefficient (Wildman–Crippen LogP) is 6.14. The van der Waals surface area contributed by atoms with Crippen LogP contribution in [0.5, 0.6) is 0 Å². The molecule has 0 unspecified atom stereocenters. The number of allylic oxidation sites excluding steroid dienone is 5. The average Bonchev–Trinajstić information content (AvgIpc) is 2.93. The van der Waals surface area contributed by atoms with Gasteiger partial charge >= 0.3 is 0 Å². The van der Waals surface area contributed by atoms with Crippen molar-refractivity contribution in [2.45, 2.75) is 53.4 Å². The Hall–Kier alpha value is -3.61. The highest BCUT2D eigenvalue weighted by Gasteiger charge is 2.11. The largest absolute Gasteiger partial charge is 0.497 e. The second-order valence-electron chi connectivity index (χ2n) is 7.82. The lowest BCUT2D eigenvalue weighted by molar-refractivity contribution is -0.131. The van der Waals surface area contributed by atoms with E-state index in [1.165, 1.54) is 0 Å². The van der Waals surface area contributed by atoms with Crippen LogP contribution in [-0.4, -0.2) is 56.7 Å². The molecule has 1 aromatic rings. The first-order valence-corrected chi connectivity index (χ1v) is 13.1. The van der Waals surface area contributed by atoms with Crippen molar-refractivity contribution in [3.05, 3.63) is 78.2 Å². The zero-order chi connectivity index (χ0) is 27.7. The number of para-hydroxylation sites is 1. The maximum atomic E-state index is 12.7. The average molecular weight is 511 g/mol. The number of nitrogens with one attached hydrogen (secondary N) is 2. The number of anilines is 1. The number of rotatable bonds is 18. The first-order valence-electron chi connectivity index (χ1n) is 13.1. The molecule has 0 aromatic heterocycles. The van der Waals surface area contributed by atoms with E-state index in [9.17, 15) is 9.59 Å². The van der Waals surface area contributed by atoms with E-state index in [2.05, 4.69) is 29.1 Å². The molecule has 0 radical (unpaired) electrons. The Balaban J connectivity index is 0.00000631. The molecule has 0 bridgehead atoms. The fourth-order valence-electron chi connectivity index (χ4n) is 3.20. The molecule has 37 heavy (non-hydrogen) atoms. The van der Waals surface area contributed by atoms with E-state index in [4.69, 9.17) is 4.74 Å². The van der Waals surface area contributed by atoms with Crippen molar-refractivity contribution in [2.24, 2.45) is 4.99 Å². The summed E-state index contributed by atoms with van der Waals surface area (Å²) in [6, 6.07) is 7.20. The van der Waals surface area contributed by atoms with Crippen LogP contribution in [0.25, 0.3) is 0 Å². The van der Waals surface area contributed by atoms with Crippen LogP contribution in [0.3, 0.4) is 0 Å². The van der Waals surface area contributed by atoms with Gasteiger partial charge in [0.05, 0.1) is 20.0 Å². The standard InChI is InChI=1S/C28H40N4O3.C2H6/c1-5-7-8-14-26(35-4)15-11-12-20-32(19-6-2)28(34)17-18-30-24(3)21-29-23-31-27-16-10-9-13-25(27)22-33;1-2/h5,7-10,13-16,22-23,30H,3,6,11-12,17-21H2,1-2,4H3,(H,29,31);1-2H3/b7-5-,14-8-,26-15-;. The highest BCUT2D eigenvalue weighted by Crippen LogP contribution is 2.11. The number of carbonyl (C=O) groups is 2. The number of benzene rings is 1. The van der Waals surface area contributed by atoms with E-state index in [-0.39, 0.29) is 5.91 Å². The Bertz CT molecular complexity index is 904. The SMILES string of the molecule is C=C(CN=CNc1ccccc1C=O)NCCC(=O)N(CCC)CCC/C=C(/C=C\C=C/C)OC.CC. The fraction of sp³-hybridized carbons (Fsp3) is 0.433. The van der Waals surface area contributed by atoms with Crippen molar-refractivity contribution >= 4 is 24.2 Å². The molecule has 0 saturated heterocycles. The number of unbranched alkanes of at least 4 members (excludes halogenated alkanes) is 1. The third-order valence-corrected chi connectivity index (χ3v) is 5.02. The summed E-state index contributed by atoms with van der Waals surface area (Å²) in [6.45, 7) is 14.4. The van der Waals surface area contributed by atoms with Gasteiger partial charge in [-0.2, -0.15) is 0 Å². The molecule has 7 heteroatoms. The Morgan fingerprint density at radius 2 is 1.95 bits per heavy atom. The molecule has 2 N–H and O–H groups in total. The van der Waals surface area contributed by atoms with Crippen LogP contribution >= 0.6 is 0 Å². The van der Waals surface area contributed by atoms with Crippen molar-refractivity contribution in [1.82, 2.24) is 10.2 Å². The van der Waals surface area contributed by atoms with E-state index in [1.807, 2.05) is 68.2 Å². The van der Waals surface area contributed by atoms with Crippen molar-refractivity contribution in [3.8, 4) is 0 Å². The van der Waals surface area contributed by atoms with Crippen LogP contribution in [0.15, 0.2) is 77.7 Å². The number of methoxy groups -OCH3 is 1. The summed E-state index contributed by atoms with van der Waals surface area (Å²) in [6.07, 6.45) is 15.2. The summed E-state index contributed by atoms with van der Waals surface area (Å²) in [5.74, 6) is 0.955. The first-order chi connectivity index (χ1) is 18.0. The summed E-state index contributed by atoms with van der Waals surface area (Å²) in [5.41, 5.74) is 2.00. The van der Waals surface area contributed by atoms with Crippen molar-refractivity contribution in [1.29, 1.82) is 0 Å². The lowest BCUT2D eigenvalue weighted by Gasteiger charge is -2.22. The van der Waals surface area contributed by atoms with Gasteiger partial charge in [0, 0.05) is 43.0 Å². The van der Waals surface area contributed by atoms with E-state index in [1.54, 1.807) is 25.6 Å². The number of carbonyl (C=O) groups excluding carboxylic acids is 2. The molecule has 7 nitrogen and oxygen atoms in total. The first kappa shape index (κ1) is 33.4. The molecule has 0 atom stereocenters. The Morgan fingerprint density at radius 3 is 2.62 bits per heavy atom. The summed E-state index contributed by atoms with van der Waals surface area (Å²) < 4.78 is 5.36. The third-order valence-electron chi connectivity index (χ3n) is 5.02. The maximum Gasteiger partial charge on any atom is 0.224 e. The van der Waals surface area contributed by atoms with Gasteiger partial charge in [-0.15, -0.1) is 0 Å². The van der Waals surface area contributed by atoms with Gasteiger partial charge in [-0.25, -0.2) is 0 Å². The fourth-order valence-corrected chi connectivity index (χ4v) is 3.20. The second-order valence-corrected chi connectivity index (χ2v) is 7.82. The monoisotopic (exact) mass is 510 g/mol. The Morgan fingerprint density at radius 1 is 1.19 bits per heavy atom. The quantitative estimate of drug-likeness (QED) is 0.0619. The predicted molar refractivity (Wildman–Crippen MR) is 157 cm³/mol. The summed E-state index contributed by atoms with van der Waals surface area (Å²) in [5, 5.41) is 6.17. The number of aldehydes is 1. The molecule has 0 spiro atoms. The van der Waals surface area contributed by atoms with Crippen LogP contribution in [0.1, 0.15) is 63.7 Å². The van der Waals surface area contributed by atoms with Crippen LogP contribution in [0, 0.1) is 0 Å². The summed E-state index contributed by atoms with van der Waals surface area (Å²) in [4.78, 5) is 29.9. The minimum absolute atomic E-state index is 0.131. The van der Waals surface area contributed by atoms with E-state index < -0.39 is 0 Å². The van der Waals surface area contributed by atoms with Crippen LogP contribution < -0.4 is 10.6 Å². The number of hydrogen-bond acceptors (Lipinski definition) is 5. The van der Waals surface area contributed by atoms with Crippen LogP contribution in [0.2, 0.25) is 0 Å². The topological polar surface area (TPSA) is 83.0 Å². The van der Waals surface area contributed by atoms with Crippen molar-refractivity contribution in [2.75, 3.05) is 38.6 Å². The number of amides is 1. The highest BCUT2D eigenvalue weighted by molar-refractivity contribution is 5.89. The van der Waals surface area contributed by atoms with Crippen LogP contribution in [0.4, 0.5) is 5.69 Å². The molecule has 0 aliphatic heterocycles. The van der Waals surface area contributed by atoms with Gasteiger partial charge in [-0.3, -0.25) is 14.6 Å². The van der Waals surface area contributed by atoms with Gasteiger partial charge in [0.1, 0.15) is 5.76 Å². The Labute approximate surface area is 224 Å². The number of nitrogens with zero attached hydrogens (tertiary/aromatic N) is 2. The minimum atomic E-state index is 0.131. The van der Waals surface area contributed by atoms with Gasteiger partial charge in [0.25, 0.3) is 0 Å². The van der Waals surface area contributed by atoms with E-state index in [0.717, 1.165) is 50.1 Å². The molecular formula is C30H46N4O3. The molecule has 0 aliphatic rings. The van der Waals surface area contributed by atoms with E-state index >= 15 is 0 Å². The zero-order valence-electron chi connectivity index (χ0n) is 23.3. The third kappa shape index (κ3) is 15.9. The zero-order valence-corrected chi connectivity index (χ0v) is 23.3. The molecule has 0 aliphatic carbocycles. The smallest absolute Gasteiger partial charge is 0.224 e. The molecule has 1 aromatic carbocycles. The van der Waals surface area contributed by atoms with Crippen molar-refractivity contribution < 1.29 is 14.3 Å². The second kappa shape index (κ2) is 22.8. The van der Waals surface area contributed by atoms with Gasteiger partial charge in [-0.1, -0.05) is 57.7 Å². The minimum Gasteiger partial charge on any atom is -0.497 e. The lowest BCUT2D eigenvalue weighted by Crippen LogP contribution is -2.34. The van der Waals surface area contributed by atoms with Gasteiger partial charge in [0.15, 0.2) is 6.29 Å². The van der Waals surface area contributed by atoms with Gasteiger partial charge in [-0.05, 0) is 50.5 Å². The van der Waals surface area contributed by atoms with Gasteiger partial charge in [0.2, 0.25) is 5.91 Å². The highest BCUT2D eigenvalue weighted by atomic mass is 16.5. The molecule has 1 amide bonds. The molecule has 0 fully saturated rings. The lowest BCUT2D eigenvalue weighted by atomic mass is 10.2. The van der Waals surface area contributed by atoms with E-state index in [0.29, 0.717) is 30.8 Å². The molecule has 204 valence electrons. The number of ether oxygens (including phenoxy) is 1. The molecule has 0 heterocycles. The molecular weight excluding hydrogens is 464 g/mol. The number of aliphatic imine (C=N–C) groups is 1.